The van der Waals surface area contributed by atoms with E-state index in [1.807, 2.05) is 0 Å². The standard InChI is InChI=1S/C13H26N2O/c1-15(12-7-4-8-13(12)16)11-6-3-2-5-10(11)9-14/h10-13,16H,2-9,14H2,1H3. The predicted molar refractivity (Wildman–Crippen MR) is 66.2 cm³/mol. The normalized spacial score (nSPS) is 40.5. The van der Waals surface area contributed by atoms with Gasteiger partial charge in [0, 0.05) is 12.1 Å². The molecule has 0 bridgehead atoms. The molecule has 0 spiro atoms. The minimum Gasteiger partial charge on any atom is -0.391 e. The zero-order valence-electron chi connectivity index (χ0n) is 10.4. The van der Waals surface area contributed by atoms with E-state index in [0.29, 0.717) is 18.0 Å². The van der Waals surface area contributed by atoms with Crippen molar-refractivity contribution < 1.29 is 5.11 Å². The molecule has 0 amide bonds. The summed E-state index contributed by atoms with van der Waals surface area (Å²) >= 11 is 0. The largest absolute Gasteiger partial charge is 0.391 e. The first-order valence-corrected chi connectivity index (χ1v) is 6.84. The fourth-order valence-electron chi connectivity index (χ4n) is 3.64. The summed E-state index contributed by atoms with van der Waals surface area (Å²) in [7, 11) is 2.19. The second kappa shape index (κ2) is 5.48. The van der Waals surface area contributed by atoms with Crippen molar-refractivity contribution in [3.63, 3.8) is 0 Å². The lowest BCUT2D eigenvalue weighted by atomic mass is 9.83. The Morgan fingerprint density at radius 3 is 2.38 bits per heavy atom. The van der Waals surface area contributed by atoms with Crippen molar-refractivity contribution in [3.05, 3.63) is 0 Å². The fourth-order valence-corrected chi connectivity index (χ4v) is 3.64. The van der Waals surface area contributed by atoms with E-state index in [1.54, 1.807) is 0 Å². The second-order valence-electron chi connectivity index (χ2n) is 5.58. The molecule has 0 heterocycles. The van der Waals surface area contributed by atoms with Crippen LogP contribution in [-0.4, -0.2) is 41.8 Å². The first-order chi connectivity index (χ1) is 7.74. The van der Waals surface area contributed by atoms with Crippen LogP contribution >= 0.6 is 0 Å². The van der Waals surface area contributed by atoms with Crippen LogP contribution in [0.4, 0.5) is 0 Å². The smallest absolute Gasteiger partial charge is 0.0695 e. The van der Waals surface area contributed by atoms with Gasteiger partial charge in [-0.2, -0.15) is 0 Å². The second-order valence-corrected chi connectivity index (χ2v) is 5.58. The van der Waals surface area contributed by atoms with E-state index in [-0.39, 0.29) is 6.10 Å². The van der Waals surface area contributed by atoms with Gasteiger partial charge < -0.3 is 10.8 Å². The van der Waals surface area contributed by atoms with E-state index in [4.69, 9.17) is 5.73 Å². The zero-order chi connectivity index (χ0) is 11.5. The highest BCUT2D eigenvalue weighted by molar-refractivity contribution is 4.91. The van der Waals surface area contributed by atoms with E-state index >= 15 is 0 Å². The van der Waals surface area contributed by atoms with Gasteiger partial charge in [0.2, 0.25) is 0 Å². The van der Waals surface area contributed by atoms with Gasteiger partial charge in [-0.05, 0) is 51.6 Å². The molecule has 4 atom stereocenters. The van der Waals surface area contributed by atoms with Gasteiger partial charge in [-0.3, -0.25) is 4.90 Å². The molecule has 2 aliphatic rings. The van der Waals surface area contributed by atoms with Gasteiger partial charge in [-0.15, -0.1) is 0 Å². The predicted octanol–water partition coefficient (Wildman–Crippen LogP) is 1.35. The van der Waals surface area contributed by atoms with E-state index in [2.05, 4.69) is 11.9 Å². The van der Waals surface area contributed by atoms with Gasteiger partial charge in [0.15, 0.2) is 0 Å². The SMILES string of the molecule is CN(C1CCCC1O)C1CCCCC1CN. The summed E-state index contributed by atoms with van der Waals surface area (Å²) in [4.78, 5) is 2.44. The third-order valence-corrected chi connectivity index (χ3v) is 4.66. The Bertz CT molecular complexity index is 222. The summed E-state index contributed by atoms with van der Waals surface area (Å²) in [6.07, 6.45) is 8.41. The van der Waals surface area contributed by atoms with Gasteiger partial charge in [0.25, 0.3) is 0 Å². The lowest BCUT2D eigenvalue weighted by Crippen LogP contribution is -2.50. The van der Waals surface area contributed by atoms with Crippen molar-refractivity contribution in [2.75, 3.05) is 13.6 Å². The van der Waals surface area contributed by atoms with Gasteiger partial charge >= 0.3 is 0 Å². The maximum atomic E-state index is 9.98. The molecule has 0 aromatic rings. The van der Waals surface area contributed by atoms with E-state index in [1.165, 1.54) is 32.1 Å². The minimum absolute atomic E-state index is 0.106. The van der Waals surface area contributed by atoms with Crippen molar-refractivity contribution in [3.8, 4) is 0 Å². The van der Waals surface area contributed by atoms with E-state index < -0.39 is 0 Å². The molecule has 0 aliphatic heterocycles. The number of rotatable bonds is 3. The number of nitrogens with two attached hydrogens (primary N) is 1. The molecule has 94 valence electrons. The highest BCUT2D eigenvalue weighted by atomic mass is 16.3. The average Bonchev–Trinajstić information content (AvgIpc) is 2.74. The molecule has 16 heavy (non-hydrogen) atoms. The van der Waals surface area contributed by atoms with Crippen LogP contribution in [0.25, 0.3) is 0 Å². The molecule has 0 aromatic carbocycles. The van der Waals surface area contributed by atoms with Gasteiger partial charge in [-0.1, -0.05) is 12.8 Å². The van der Waals surface area contributed by atoms with Crippen LogP contribution in [-0.2, 0) is 0 Å². The number of hydrogen-bond acceptors (Lipinski definition) is 3. The van der Waals surface area contributed by atoms with Crippen molar-refractivity contribution in [2.24, 2.45) is 11.7 Å². The minimum atomic E-state index is -0.106. The summed E-state index contributed by atoms with van der Waals surface area (Å²) in [6.45, 7) is 0.803. The molecule has 3 nitrogen and oxygen atoms in total. The summed E-state index contributed by atoms with van der Waals surface area (Å²) in [6, 6.07) is 0.994. The maximum Gasteiger partial charge on any atom is 0.0695 e. The molecule has 2 aliphatic carbocycles. The van der Waals surface area contributed by atoms with Crippen molar-refractivity contribution >= 4 is 0 Å². The third kappa shape index (κ3) is 2.41. The number of aliphatic hydroxyl groups is 1. The van der Waals surface area contributed by atoms with Crippen LogP contribution in [0.5, 0.6) is 0 Å². The molecule has 4 unspecified atom stereocenters. The Labute approximate surface area is 99.0 Å². The van der Waals surface area contributed by atoms with Gasteiger partial charge in [-0.25, -0.2) is 0 Å². The first-order valence-electron chi connectivity index (χ1n) is 6.84. The highest BCUT2D eigenvalue weighted by Gasteiger charge is 2.35. The number of hydrogen-bond donors (Lipinski definition) is 2. The fraction of sp³-hybridized carbons (Fsp3) is 1.00. The Kier molecular flexibility index (Phi) is 4.22. The molecule has 0 aromatic heterocycles. The van der Waals surface area contributed by atoms with Crippen LogP contribution in [0.1, 0.15) is 44.9 Å². The van der Waals surface area contributed by atoms with Crippen molar-refractivity contribution in [1.82, 2.24) is 4.90 Å². The molecule has 2 rings (SSSR count). The molecular formula is C13H26N2O. The van der Waals surface area contributed by atoms with Crippen LogP contribution in [0.3, 0.4) is 0 Å². The third-order valence-electron chi connectivity index (χ3n) is 4.66. The molecule has 2 saturated carbocycles. The van der Waals surface area contributed by atoms with Crippen molar-refractivity contribution in [2.45, 2.75) is 63.1 Å². The summed E-state index contributed by atoms with van der Waals surface area (Å²) in [5.41, 5.74) is 5.88. The van der Waals surface area contributed by atoms with Crippen molar-refractivity contribution in [1.29, 1.82) is 0 Å². The quantitative estimate of drug-likeness (QED) is 0.764. The van der Waals surface area contributed by atoms with Crippen LogP contribution in [0.15, 0.2) is 0 Å². The Morgan fingerprint density at radius 1 is 1.06 bits per heavy atom. The molecular weight excluding hydrogens is 200 g/mol. The summed E-state index contributed by atoms with van der Waals surface area (Å²) in [5.74, 6) is 0.645. The van der Waals surface area contributed by atoms with Crippen LogP contribution < -0.4 is 5.73 Å². The zero-order valence-corrected chi connectivity index (χ0v) is 10.4. The summed E-state index contributed by atoms with van der Waals surface area (Å²) in [5, 5.41) is 9.98. The Balaban J connectivity index is 1.98. The monoisotopic (exact) mass is 226 g/mol. The topological polar surface area (TPSA) is 49.5 Å². The molecule has 2 fully saturated rings. The maximum absolute atomic E-state index is 9.98. The molecule has 0 saturated heterocycles. The highest BCUT2D eigenvalue weighted by Crippen LogP contribution is 2.32. The molecule has 0 radical (unpaired) electrons. The lowest BCUT2D eigenvalue weighted by molar-refractivity contribution is 0.0300. The van der Waals surface area contributed by atoms with E-state index in [9.17, 15) is 5.11 Å². The first kappa shape index (κ1) is 12.3. The van der Waals surface area contributed by atoms with Gasteiger partial charge in [0.05, 0.1) is 6.10 Å². The Hall–Kier alpha value is -0.120. The van der Waals surface area contributed by atoms with Crippen LogP contribution in [0.2, 0.25) is 0 Å². The number of nitrogens with zero attached hydrogens (tertiary/aromatic N) is 1. The number of likely N-dealkylation sites (N-methyl/N-ethyl adjacent to an activating group) is 1. The molecule has 3 N–H and O–H groups in total. The lowest BCUT2D eigenvalue weighted by Gasteiger charge is -2.41. The number of aliphatic hydroxyl groups excluding tert-OH is 1. The molecule has 3 heteroatoms. The summed E-state index contributed by atoms with van der Waals surface area (Å²) < 4.78 is 0. The van der Waals surface area contributed by atoms with Gasteiger partial charge in [0.1, 0.15) is 0 Å². The van der Waals surface area contributed by atoms with Crippen LogP contribution in [0, 0.1) is 5.92 Å². The van der Waals surface area contributed by atoms with E-state index in [0.717, 1.165) is 19.4 Å². The Morgan fingerprint density at radius 2 is 1.75 bits per heavy atom. The average molecular weight is 226 g/mol.